The quantitative estimate of drug-likeness (QED) is 0.398. The Labute approximate surface area is 147 Å². The monoisotopic (exact) mass is 359 g/mol. The first-order valence-electron chi connectivity index (χ1n) is 6.98. The third-order valence-corrected chi connectivity index (χ3v) is 4.70. The van der Waals surface area contributed by atoms with Crippen molar-refractivity contribution in [2.45, 2.75) is 0 Å². The van der Waals surface area contributed by atoms with Crippen LogP contribution in [-0.2, 0) is 0 Å². The fourth-order valence-corrected chi connectivity index (χ4v) is 3.11. The summed E-state index contributed by atoms with van der Waals surface area (Å²) in [5.41, 5.74) is 1.68. The molecular formula is C16H13N3O3S2. The van der Waals surface area contributed by atoms with Crippen molar-refractivity contribution in [2.75, 3.05) is 14.1 Å². The molecule has 3 aromatic rings. The largest absolute Gasteiger partial charge is 0.431 e. The second-order valence-corrected chi connectivity index (χ2v) is 6.40. The van der Waals surface area contributed by atoms with E-state index in [1.807, 2.05) is 12.1 Å². The van der Waals surface area contributed by atoms with Gasteiger partial charge in [0, 0.05) is 43.4 Å². The molecule has 0 radical (unpaired) electrons. The predicted molar refractivity (Wildman–Crippen MR) is 98.6 cm³/mol. The summed E-state index contributed by atoms with van der Waals surface area (Å²) < 4.78 is 11.0. The van der Waals surface area contributed by atoms with E-state index in [2.05, 4.69) is 4.37 Å². The molecule has 0 aliphatic heterocycles. The molecule has 8 heteroatoms. The van der Waals surface area contributed by atoms with E-state index in [1.165, 1.54) is 23.7 Å². The van der Waals surface area contributed by atoms with Crippen LogP contribution in [0.1, 0.15) is 0 Å². The standard InChI is InChI=1S/C16H13N3O3S2/c1-18(2)16(23)22-13-8-5-11-9-17-24-15(11)14(13)10-3-6-12(7-4-10)19(20)21/h3-9H,1-2H3. The molecule has 0 fully saturated rings. The van der Waals surface area contributed by atoms with E-state index in [0.717, 1.165) is 21.2 Å². The number of aromatic nitrogens is 1. The van der Waals surface area contributed by atoms with Gasteiger partial charge in [0.15, 0.2) is 0 Å². The Morgan fingerprint density at radius 2 is 1.96 bits per heavy atom. The number of nitrogens with zero attached hydrogens (tertiary/aromatic N) is 3. The van der Waals surface area contributed by atoms with Crippen molar-refractivity contribution < 1.29 is 9.66 Å². The van der Waals surface area contributed by atoms with Crippen molar-refractivity contribution in [3.8, 4) is 16.9 Å². The minimum absolute atomic E-state index is 0.0431. The third-order valence-electron chi connectivity index (χ3n) is 3.41. The second kappa shape index (κ2) is 6.50. The number of thiocarbonyl (C=S) groups is 1. The molecule has 2 aromatic carbocycles. The maximum Gasteiger partial charge on any atom is 0.269 e. The molecule has 0 saturated heterocycles. The summed E-state index contributed by atoms with van der Waals surface area (Å²) in [4.78, 5) is 12.1. The van der Waals surface area contributed by atoms with Gasteiger partial charge in [-0.3, -0.25) is 10.1 Å². The summed E-state index contributed by atoms with van der Waals surface area (Å²) in [6, 6.07) is 10.1. The maximum absolute atomic E-state index is 10.9. The summed E-state index contributed by atoms with van der Waals surface area (Å²) in [5.74, 6) is 0.597. The van der Waals surface area contributed by atoms with E-state index in [9.17, 15) is 10.1 Å². The van der Waals surface area contributed by atoms with Gasteiger partial charge in [0.05, 0.1) is 9.62 Å². The van der Waals surface area contributed by atoms with Crippen LogP contribution in [0.3, 0.4) is 0 Å². The van der Waals surface area contributed by atoms with Gasteiger partial charge in [0.2, 0.25) is 0 Å². The first-order valence-corrected chi connectivity index (χ1v) is 8.17. The molecule has 24 heavy (non-hydrogen) atoms. The summed E-state index contributed by atoms with van der Waals surface area (Å²) >= 11 is 6.58. The van der Waals surface area contributed by atoms with Crippen LogP contribution in [-0.4, -0.2) is 33.5 Å². The molecule has 122 valence electrons. The van der Waals surface area contributed by atoms with Crippen LogP contribution < -0.4 is 4.74 Å². The molecule has 6 nitrogen and oxygen atoms in total. The molecule has 0 bridgehead atoms. The van der Waals surface area contributed by atoms with Gasteiger partial charge in [0.1, 0.15) is 5.75 Å². The zero-order valence-electron chi connectivity index (χ0n) is 12.9. The highest BCUT2D eigenvalue weighted by Gasteiger charge is 2.16. The van der Waals surface area contributed by atoms with Crippen molar-refractivity contribution in [3.63, 3.8) is 0 Å². The number of fused-ring (bicyclic) bond motifs is 1. The Morgan fingerprint density at radius 3 is 2.58 bits per heavy atom. The first-order chi connectivity index (χ1) is 11.5. The number of nitro benzene ring substituents is 1. The second-order valence-electron chi connectivity index (χ2n) is 5.25. The van der Waals surface area contributed by atoms with Gasteiger partial charge >= 0.3 is 0 Å². The highest BCUT2D eigenvalue weighted by Crippen LogP contribution is 2.39. The van der Waals surface area contributed by atoms with Crippen LogP contribution in [0.2, 0.25) is 0 Å². The lowest BCUT2D eigenvalue weighted by molar-refractivity contribution is -0.384. The van der Waals surface area contributed by atoms with Crippen LogP contribution in [0.25, 0.3) is 21.2 Å². The summed E-state index contributed by atoms with van der Waals surface area (Å²) in [5, 5.41) is 12.2. The van der Waals surface area contributed by atoms with E-state index in [0.29, 0.717) is 10.9 Å². The number of benzene rings is 2. The Balaban J connectivity index is 2.14. The van der Waals surface area contributed by atoms with Crippen LogP contribution in [0.5, 0.6) is 5.75 Å². The molecule has 3 rings (SSSR count). The number of rotatable bonds is 3. The molecule has 0 unspecified atom stereocenters. The lowest BCUT2D eigenvalue weighted by Crippen LogP contribution is -2.25. The van der Waals surface area contributed by atoms with Gasteiger partial charge < -0.3 is 9.64 Å². The van der Waals surface area contributed by atoms with Crippen LogP contribution in [0, 0.1) is 10.1 Å². The molecule has 0 saturated carbocycles. The van der Waals surface area contributed by atoms with E-state index >= 15 is 0 Å². The molecule has 0 aliphatic carbocycles. The Kier molecular flexibility index (Phi) is 4.41. The number of hydrogen-bond acceptors (Lipinski definition) is 6. The zero-order valence-corrected chi connectivity index (χ0v) is 14.6. The summed E-state index contributed by atoms with van der Waals surface area (Å²) in [6.07, 6.45) is 1.78. The third kappa shape index (κ3) is 3.06. The van der Waals surface area contributed by atoms with Gasteiger partial charge in [0.25, 0.3) is 10.9 Å². The molecule has 0 aliphatic rings. The minimum Gasteiger partial charge on any atom is -0.431 e. The Bertz CT molecular complexity index is 920. The van der Waals surface area contributed by atoms with E-state index < -0.39 is 4.92 Å². The predicted octanol–water partition coefficient (Wildman–Crippen LogP) is 4.10. The molecule has 1 aromatic heterocycles. The average Bonchev–Trinajstić information content (AvgIpc) is 3.03. The van der Waals surface area contributed by atoms with Gasteiger partial charge in [-0.1, -0.05) is 0 Å². The summed E-state index contributed by atoms with van der Waals surface area (Å²) in [6.45, 7) is 0. The highest BCUT2D eigenvalue weighted by atomic mass is 32.1. The fraction of sp³-hybridized carbons (Fsp3) is 0.125. The van der Waals surface area contributed by atoms with Crippen molar-refractivity contribution in [2.24, 2.45) is 0 Å². The molecule has 1 heterocycles. The topological polar surface area (TPSA) is 68.5 Å². The van der Waals surface area contributed by atoms with Crippen molar-refractivity contribution in [1.82, 2.24) is 9.27 Å². The van der Waals surface area contributed by atoms with Crippen LogP contribution in [0.15, 0.2) is 42.6 Å². The molecule has 0 spiro atoms. The SMILES string of the molecule is CN(C)C(=S)Oc1ccc2cnsc2c1-c1ccc([N+](=O)[O-])cc1. The number of hydrogen-bond donors (Lipinski definition) is 0. The van der Waals surface area contributed by atoms with Gasteiger partial charge in [-0.25, -0.2) is 0 Å². The maximum atomic E-state index is 10.9. The number of nitro groups is 1. The molecule has 0 amide bonds. The van der Waals surface area contributed by atoms with Crippen LogP contribution >= 0.6 is 23.8 Å². The lowest BCUT2D eigenvalue weighted by atomic mass is 10.0. The van der Waals surface area contributed by atoms with Gasteiger partial charge in [-0.15, -0.1) is 0 Å². The van der Waals surface area contributed by atoms with E-state index in [-0.39, 0.29) is 5.69 Å². The minimum atomic E-state index is -0.421. The van der Waals surface area contributed by atoms with Gasteiger partial charge in [-0.2, -0.15) is 4.37 Å². The fourth-order valence-electron chi connectivity index (χ4n) is 2.21. The van der Waals surface area contributed by atoms with Crippen molar-refractivity contribution in [3.05, 3.63) is 52.7 Å². The lowest BCUT2D eigenvalue weighted by Gasteiger charge is -2.17. The van der Waals surface area contributed by atoms with E-state index in [1.54, 1.807) is 37.3 Å². The number of ether oxygens (including phenoxy) is 1. The zero-order chi connectivity index (χ0) is 17.3. The normalized spacial score (nSPS) is 10.6. The smallest absolute Gasteiger partial charge is 0.269 e. The first kappa shape index (κ1) is 16.3. The van der Waals surface area contributed by atoms with E-state index in [4.69, 9.17) is 17.0 Å². The highest BCUT2D eigenvalue weighted by molar-refractivity contribution is 7.80. The Morgan fingerprint density at radius 1 is 1.25 bits per heavy atom. The van der Waals surface area contributed by atoms with Crippen molar-refractivity contribution in [1.29, 1.82) is 0 Å². The molecule has 0 atom stereocenters. The molecular weight excluding hydrogens is 346 g/mol. The van der Waals surface area contributed by atoms with Crippen LogP contribution in [0.4, 0.5) is 5.69 Å². The summed E-state index contributed by atoms with van der Waals surface area (Å²) in [7, 11) is 3.61. The molecule has 0 N–H and O–H groups in total. The Hall–Kier alpha value is -2.58. The van der Waals surface area contributed by atoms with Crippen molar-refractivity contribution >= 4 is 44.7 Å². The average molecular weight is 359 g/mol. The number of non-ortho nitro benzene ring substituents is 1. The van der Waals surface area contributed by atoms with Gasteiger partial charge in [-0.05, 0) is 53.6 Å².